The SMILES string of the molecule is C=C(C)C1NC(=O)CC(c2cccc(Cl)c2)C12C(=O)N(C(=O)OC(C)(C)C)c1cc(Br)ccc12.O=C1Cc2ccccc2N1. The molecule has 0 aromatic heterocycles. The summed E-state index contributed by atoms with van der Waals surface area (Å²) in [4.78, 5) is 52.5. The zero-order chi connectivity index (χ0) is 32.0. The molecule has 0 bridgehead atoms. The highest BCUT2D eigenvalue weighted by molar-refractivity contribution is 9.10. The number of ether oxygens (including phenoxy) is 1. The standard InChI is InChI=1S/C26H26BrClN2O4.C8H7NO/c1-14(2)22-26(19(13-21(31)29-22)15-7-6-8-17(28)11-15)18-10-9-16(27)12-20(18)30(23(26)32)24(33)34-25(3,4)5;10-8-5-6-3-1-2-4-7(6)9-8/h6-12,19,22H,1,13H2,2-5H3,(H,29,31);1-4H,5H2,(H,9,10). The third kappa shape index (κ3) is 5.78. The van der Waals surface area contributed by atoms with Crippen LogP contribution in [0.2, 0.25) is 5.02 Å². The molecule has 10 heteroatoms. The number of anilines is 2. The molecular weight excluding hydrogens is 646 g/mol. The van der Waals surface area contributed by atoms with Gasteiger partial charge in [-0.15, -0.1) is 0 Å². The fourth-order valence-corrected chi connectivity index (χ4v) is 6.76. The fourth-order valence-electron chi connectivity index (χ4n) is 6.21. The topological polar surface area (TPSA) is 105 Å². The van der Waals surface area contributed by atoms with Crippen LogP contribution in [0.25, 0.3) is 0 Å². The normalized spacial score (nSPS) is 22.0. The molecular formula is C34H33BrClN3O5. The number of nitrogens with one attached hydrogen (secondary N) is 2. The highest BCUT2D eigenvalue weighted by atomic mass is 79.9. The molecule has 2 N–H and O–H groups in total. The van der Waals surface area contributed by atoms with E-state index < -0.39 is 35.0 Å². The first kappa shape index (κ1) is 31.5. The summed E-state index contributed by atoms with van der Waals surface area (Å²) in [5.74, 6) is -1.15. The lowest BCUT2D eigenvalue weighted by atomic mass is 9.59. The maximum absolute atomic E-state index is 14.5. The van der Waals surface area contributed by atoms with Gasteiger partial charge in [0.05, 0.1) is 18.2 Å². The summed E-state index contributed by atoms with van der Waals surface area (Å²) in [5.41, 5.74) is 2.35. The fraction of sp³-hybridized carbons (Fsp3) is 0.294. The first-order valence-electron chi connectivity index (χ1n) is 14.2. The zero-order valence-corrected chi connectivity index (χ0v) is 27.2. The van der Waals surface area contributed by atoms with Crippen LogP contribution in [0.1, 0.15) is 56.7 Å². The van der Waals surface area contributed by atoms with Crippen molar-refractivity contribution in [2.45, 2.75) is 63.5 Å². The Balaban J connectivity index is 0.000000322. The molecule has 0 aliphatic carbocycles. The molecule has 6 rings (SSSR count). The molecule has 3 aromatic rings. The lowest BCUT2D eigenvalue weighted by molar-refractivity contribution is -0.131. The molecule has 1 fully saturated rings. The van der Waals surface area contributed by atoms with E-state index >= 15 is 0 Å². The monoisotopic (exact) mass is 677 g/mol. The number of nitrogens with zero attached hydrogens (tertiary/aromatic N) is 1. The number of rotatable bonds is 2. The third-order valence-corrected chi connectivity index (χ3v) is 8.59. The van der Waals surface area contributed by atoms with Gasteiger partial charge in [-0.05, 0) is 74.7 Å². The summed E-state index contributed by atoms with van der Waals surface area (Å²) >= 11 is 9.77. The molecule has 44 heavy (non-hydrogen) atoms. The molecule has 3 aliphatic rings. The van der Waals surface area contributed by atoms with Gasteiger partial charge >= 0.3 is 6.09 Å². The van der Waals surface area contributed by atoms with Crippen molar-refractivity contribution in [3.05, 3.63) is 105 Å². The molecule has 0 saturated carbocycles. The van der Waals surface area contributed by atoms with Crippen LogP contribution in [-0.2, 0) is 31.0 Å². The van der Waals surface area contributed by atoms with Gasteiger partial charge in [-0.2, -0.15) is 0 Å². The predicted octanol–water partition coefficient (Wildman–Crippen LogP) is 7.05. The van der Waals surface area contributed by atoms with Crippen molar-refractivity contribution >= 4 is 62.7 Å². The molecule has 3 aromatic carbocycles. The van der Waals surface area contributed by atoms with E-state index in [0.717, 1.165) is 21.7 Å². The zero-order valence-electron chi connectivity index (χ0n) is 24.9. The van der Waals surface area contributed by atoms with Crippen LogP contribution < -0.4 is 15.5 Å². The Morgan fingerprint density at radius 2 is 1.77 bits per heavy atom. The lowest BCUT2D eigenvalue weighted by Crippen LogP contribution is -2.63. The molecule has 0 radical (unpaired) electrons. The Kier molecular flexibility index (Phi) is 8.48. The molecule has 3 aliphatic heterocycles. The highest BCUT2D eigenvalue weighted by Crippen LogP contribution is 2.56. The second kappa shape index (κ2) is 11.9. The quantitative estimate of drug-likeness (QED) is 0.283. The largest absolute Gasteiger partial charge is 0.443 e. The van der Waals surface area contributed by atoms with E-state index in [9.17, 15) is 19.2 Å². The van der Waals surface area contributed by atoms with Gasteiger partial charge in [-0.25, -0.2) is 9.69 Å². The Bertz CT molecular complexity index is 1670. The van der Waals surface area contributed by atoms with Crippen molar-refractivity contribution < 1.29 is 23.9 Å². The van der Waals surface area contributed by atoms with Crippen molar-refractivity contribution in [3.63, 3.8) is 0 Å². The number of fused-ring (bicyclic) bond motifs is 3. The minimum absolute atomic E-state index is 0.0491. The van der Waals surface area contributed by atoms with E-state index in [1.165, 1.54) is 0 Å². The Hall–Kier alpha value is -3.95. The first-order valence-corrected chi connectivity index (χ1v) is 15.3. The number of para-hydroxylation sites is 1. The number of carbonyl (C=O) groups excluding carboxylic acids is 4. The number of hydrogen-bond acceptors (Lipinski definition) is 5. The molecule has 228 valence electrons. The van der Waals surface area contributed by atoms with Crippen molar-refractivity contribution in [1.82, 2.24) is 5.32 Å². The van der Waals surface area contributed by atoms with Crippen LogP contribution in [-0.4, -0.2) is 35.5 Å². The number of piperidine rings is 1. The summed E-state index contributed by atoms with van der Waals surface area (Å²) in [6.45, 7) is 11.1. The van der Waals surface area contributed by atoms with Crippen LogP contribution >= 0.6 is 27.5 Å². The average Bonchev–Trinajstić information content (AvgIpc) is 3.43. The van der Waals surface area contributed by atoms with E-state index in [4.69, 9.17) is 16.3 Å². The summed E-state index contributed by atoms with van der Waals surface area (Å²) < 4.78 is 6.32. The Morgan fingerprint density at radius 1 is 1.05 bits per heavy atom. The van der Waals surface area contributed by atoms with Gasteiger partial charge in [0.1, 0.15) is 11.0 Å². The van der Waals surface area contributed by atoms with Crippen molar-refractivity contribution in [1.29, 1.82) is 0 Å². The summed E-state index contributed by atoms with van der Waals surface area (Å²) in [6.07, 6.45) is -0.181. The van der Waals surface area contributed by atoms with Gasteiger partial charge < -0.3 is 15.4 Å². The van der Waals surface area contributed by atoms with Crippen LogP contribution in [0.3, 0.4) is 0 Å². The Labute approximate surface area is 269 Å². The molecule has 3 atom stereocenters. The lowest BCUT2D eigenvalue weighted by Gasteiger charge is -2.46. The van der Waals surface area contributed by atoms with E-state index in [1.54, 1.807) is 52.0 Å². The van der Waals surface area contributed by atoms with Crippen LogP contribution in [0.5, 0.6) is 0 Å². The third-order valence-electron chi connectivity index (χ3n) is 7.87. The van der Waals surface area contributed by atoms with E-state index in [2.05, 4.69) is 33.1 Å². The van der Waals surface area contributed by atoms with Gasteiger partial charge in [0.25, 0.3) is 0 Å². The van der Waals surface area contributed by atoms with Crippen LogP contribution in [0, 0.1) is 0 Å². The number of hydrogen-bond donors (Lipinski definition) is 2. The molecule has 1 saturated heterocycles. The van der Waals surface area contributed by atoms with Gasteiger partial charge in [-0.3, -0.25) is 14.4 Å². The maximum atomic E-state index is 14.5. The van der Waals surface area contributed by atoms with Crippen LogP contribution in [0.4, 0.5) is 16.2 Å². The first-order chi connectivity index (χ1) is 20.7. The number of amides is 4. The maximum Gasteiger partial charge on any atom is 0.421 e. The second-order valence-corrected chi connectivity index (χ2v) is 13.5. The van der Waals surface area contributed by atoms with Gasteiger partial charge in [-0.1, -0.05) is 76.1 Å². The average molecular weight is 679 g/mol. The summed E-state index contributed by atoms with van der Waals surface area (Å²) in [6, 6.07) is 19.5. The molecule has 1 spiro atoms. The van der Waals surface area contributed by atoms with Crippen molar-refractivity contribution in [3.8, 4) is 0 Å². The van der Waals surface area contributed by atoms with Crippen molar-refractivity contribution in [2.75, 3.05) is 10.2 Å². The number of benzene rings is 3. The van der Waals surface area contributed by atoms with Crippen molar-refractivity contribution in [2.24, 2.45) is 0 Å². The van der Waals surface area contributed by atoms with Crippen LogP contribution in [0.15, 0.2) is 83.4 Å². The van der Waals surface area contributed by atoms with E-state index in [0.29, 0.717) is 32.7 Å². The highest BCUT2D eigenvalue weighted by Gasteiger charge is 2.64. The molecule has 3 heterocycles. The number of halogens is 2. The summed E-state index contributed by atoms with van der Waals surface area (Å²) in [5, 5.41) is 6.23. The van der Waals surface area contributed by atoms with E-state index in [1.807, 2.05) is 42.5 Å². The number of carbonyl (C=O) groups is 4. The Morgan fingerprint density at radius 3 is 2.43 bits per heavy atom. The number of imide groups is 1. The molecule has 4 amide bonds. The van der Waals surface area contributed by atoms with Gasteiger partial charge in [0, 0.05) is 27.5 Å². The van der Waals surface area contributed by atoms with Gasteiger partial charge in [0.2, 0.25) is 17.7 Å². The minimum Gasteiger partial charge on any atom is -0.443 e. The van der Waals surface area contributed by atoms with E-state index in [-0.39, 0.29) is 18.2 Å². The summed E-state index contributed by atoms with van der Waals surface area (Å²) in [7, 11) is 0. The second-order valence-electron chi connectivity index (χ2n) is 12.2. The minimum atomic E-state index is -1.31. The molecule has 3 unspecified atom stereocenters. The molecule has 8 nitrogen and oxygen atoms in total. The van der Waals surface area contributed by atoms with Gasteiger partial charge in [0.15, 0.2) is 0 Å². The predicted molar refractivity (Wildman–Crippen MR) is 174 cm³/mol. The smallest absolute Gasteiger partial charge is 0.421 e.